The predicted molar refractivity (Wildman–Crippen MR) is 79.5 cm³/mol. The summed E-state index contributed by atoms with van der Waals surface area (Å²) in [5, 5.41) is 0. The molecule has 19 heavy (non-hydrogen) atoms. The number of nitrogens with zero attached hydrogens (tertiary/aromatic N) is 3. The first-order chi connectivity index (χ1) is 9.31. The molecule has 0 atom stereocenters. The highest BCUT2D eigenvalue weighted by atomic mass is 32.2. The molecule has 5 nitrogen and oxygen atoms in total. The third kappa shape index (κ3) is 4.49. The van der Waals surface area contributed by atoms with Crippen molar-refractivity contribution in [3.63, 3.8) is 0 Å². The summed E-state index contributed by atoms with van der Waals surface area (Å²) < 4.78 is 10.7. The second-order valence-corrected chi connectivity index (χ2v) is 5.80. The van der Waals surface area contributed by atoms with Crippen molar-refractivity contribution >= 4 is 18.5 Å². The van der Waals surface area contributed by atoms with E-state index in [1.807, 2.05) is 11.8 Å². The normalized spacial score (nSPS) is 23.1. The lowest BCUT2D eigenvalue weighted by atomic mass is 10.4. The van der Waals surface area contributed by atoms with Crippen LogP contribution in [0.4, 0.5) is 0 Å². The highest BCUT2D eigenvalue weighted by Gasteiger charge is 2.16. The summed E-state index contributed by atoms with van der Waals surface area (Å²) in [6.45, 7) is 13.0. The van der Waals surface area contributed by atoms with Crippen molar-refractivity contribution < 1.29 is 9.47 Å². The van der Waals surface area contributed by atoms with Gasteiger partial charge in [0.05, 0.1) is 26.4 Å². The molecule has 0 aromatic rings. The van der Waals surface area contributed by atoms with Gasteiger partial charge in [-0.1, -0.05) is 0 Å². The SMILES string of the molecule is C=N/C(=C(/C)SCN1CCOCC1)N1CCOCC1. The molecule has 2 aliphatic rings. The number of thioether (sulfide) groups is 1. The smallest absolute Gasteiger partial charge is 0.137 e. The first kappa shape index (κ1) is 14.8. The van der Waals surface area contributed by atoms with Gasteiger partial charge in [-0.05, 0) is 13.6 Å². The number of ether oxygens (including phenoxy) is 2. The second kappa shape index (κ2) is 7.89. The molecule has 108 valence electrons. The van der Waals surface area contributed by atoms with Gasteiger partial charge in [-0.25, -0.2) is 4.99 Å². The molecular weight excluding hydrogens is 262 g/mol. The van der Waals surface area contributed by atoms with E-state index < -0.39 is 0 Å². The first-order valence-corrected chi connectivity index (χ1v) is 7.73. The van der Waals surface area contributed by atoms with Gasteiger partial charge in [0.1, 0.15) is 5.82 Å². The Bertz CT molecular complexity index is 324. The Hall–Kier alpha value is -0.560. The Morgan fingerprint density at radius 2 is 1.68 bits per heavy atom. The van der Waals surface area contributed by atoms with Gasteiger partial charge in [0.25, 0.3) is 0 Å². The van der Waals surface area contributed by atoms with Crippen molar-refractivity contribution in [2.45, 2.75) is 6.92 Å². The van der Waals surface area contributed by atoms with Crippen molar-refractivity contribution in [3.8, 4) is 0 Å². The Balaban J connectivity index is 1.87. The predicted octanol–water partition coefficient (Wildman–Crippen LogP) is 1.23. The Morgan fingerprint density at radius 3 is 2.26 bits per heavy atom. The summed E-state index contributed by atoms with van der Waals surface area (Å²) in [4.78, 5) is 10.1. The Morgan fingerprint density at radius 1 is 1.11 bits per heavy atom. The molecule has 2 rings (SSSR count). The van der Waals surface area contributed by atoms with Crippen LogP contribution in [-0.4, -0.2) is 75.0 Å². The van der Waals surface area contributed by atoms with Crippen LogP contribution in [0, 0.1) is 0 Å². The first-order valence-electron chi connectivity index (χ1n) is 6.74. The van der Waals surface area contributed by atoms with Crippen LogP contribution in [-0.2, 0) is 9.47 Å². The third-order valence-electron chi connectivity index (χ3n) is 3.34. The molecule has 0 aliphatic carbocycles. The molecule has 0 aromatic carbocycles. The van der Waals surface area contributed by atoms with Crippen molar-refractivity contribution in [2.75, 3.05) is 58.5 Å². The number of hydrogen-bond acceptors (Lipinski definition) is 6. The summed E-state index contributed by atoms with van der Waals surface area (Å²) in [5.41, 5.74) is 0. The summed E-state index contributed by atoms with van der Waals surface area (Å²) in [6, 6.07) is 0. The number of morpholine rings is 2. The van der Waals surface area contributed by atoms with Crippen molar-refractivity contribution in [3.05, 3.63) is 10.7 Å². The van der Waals surface area contributed by atoms with E-state index in [9.17, 15) is 0 Å². The summed E-state index contributed by atoms with van der Waals surface area (Å²) >= 11 is 1.84. The minimum atomic E-state index is 0.778. The zero-order valence-corrected chi connectivity index (χ0v) is 12.5. The van der Waals surface area contributed by atoms with E-state index in [0.29, 0.717) is 0 Å². The largest absolute Gasteiger partial charge is 0.379 e. The lowest BCUT2D eigenvalue weighted by Gasteiger charge is -2.30. The molecule has 0 saturated carbocycles. The summed E-state index contributed by atoms with van der Waals surface area (Å²) in [7, 11) is 0. The molecular formula is C13H23N3O2S. The zero-order chi connectivity index (χ0) is 13.5. The fraction of sp³-hybridized carbons (Fsp3) is 0.769. The molecule has 0 unspecified atom stereocenters. The quantitative estimate of drug-likeness (QED) is 0.710. The Kier molecular flexibility index (Phi) is 6.16. The lowest BCUT2D eigenvalue weighted by Crippen LogP contribution is -2.36. The van der Waals surface area contributed by atoms with Crippen LogP contribution in [0.1, 0.15) is 6.92 Å². The Labute approximate surface area is 119 Å². The maximum absolute atomic E-state index is 5.37. The number of rotatable bonds is 5. The van der Waals surface area contributed by atoms with E-state index in [0.717, 1.165) is 64.3 Å². The minimum Gasteiger partial charge on any atom is -0.379 e. The maximum Gasteiger partial charge on any atom is 0.137 e. The van der Waals surface area contributed by atoms with Crippen LogP contribution in [0.2, 0.25) is 0 Å². The summed E-state index contributed by atoms with van der Waals surface area (Å²) in [5.74, 6) is 2.01. The van der Waals surface area contributed by atoms with Crippen molar-refractivity contribution in [2.24, 2.45) is 4.99 Å². The fourth-order valence-electron chi connectivity index (χ4n) is 2.19. The fourth-order valence-corrected chi connectivity index (χ4v) is 3.15. The standard InChI is InChI=1S/C13H23N3O2S/c1-12(19-11-15-3-7-17-8-4-15)13(14-2)16-5-9-18-10-6-16/h2-11H2,1H3/b13-12+. The van der Waals surface area contributed by atoms with Gasteiger partial charge >= 0.3 is 0 Å². The molecule has 0 radical (unpaired) electrons. The molecule has 2 heterocycles. The van der Waals surface area contributed by atoms with Gasteiger partial charge < -0.3 is 14.4 Å². The second-order valence-electron chi connectivity index (χ2n) is 4.64. The average molecular weight is 285 g/mol. The van der Waals surface area contributed by atoms with Crippen molar-refractivity contribution in [1.82, 2.24) is 9.80 Å². The molecule has 0 aromatic heterocycles. The van der Waals surface area contributed by atoms with E-state index in [1.165, 1.54) is 4.91 Å². The van der Waals surface area contributed by atoms with Crippen molar-refractivity contribution in [1.29, 1.82) is 0 Å². The lowest BCUT2D eigenvalue weighted by molar-refractivity contribution is 0.0473. The van der Waals surface area contributed by atoms with E-state index in [4.69, 9.17) is 9.47 Å². The molecule has 2 aliphatic heterocycles. The van der Waals surface area contributed by atoms with Crippen LogP contribution >= 0.6 is 11.8 Å². The average Bonchev–Trinajstić information content (AvgIpc) is 2.48. The molecule has 2 fully saturated rings. The van der Waals surface area contributed by atoms with Gasteiger partial charge in [-0.15, -0.1) is 11.8 Å². The summed E-state index contributed by atoms with van der Waals surface area (Å²) in [6.07, 6.45) is 0. The van der Waals surface area contributed by atoms with Crippen LogP contribution in [0.15, 0.2) is 15.7 Å². The highest BCUT2D eigenvalue weighted by Crippen LogP contribution is 2.24. The minimum absolute atomic E-state index is 0.778. The highest BCUT2D eigenvalue weighted by molar-refractivity contribution is 8.03. The molecule has 0 N–H and O–H groups in total. The van der Waals surface area contributed by atoms with E-state index in [-0.39, 0.29) is 0 Å². The molecule has 6 heteroatoms. The molecule has 0 bridgehead atoms. The van der Waals surface area contributed by atoms with Gasteiger partial charge in [0.15, 0.2) is 0 Å². The molecule has 2 saturated heterocycles. The number of hydrogen-bond donors (Lipinski definition) is 0. The molecule has 0 amide bonds. The van der Waals surface area contributed by atoms with Crippen LogP contribution in [0.5, 0.6) is 0 Å². The van der Waals surface area contributed by atoms with Gasteiger partial charge in [-0.2, -0.15) is 0 Å². The van der Waals surface area contributed by atoms with Gasteiger partial charge in [0.2, 0.25) is 0 Å². The monoisotopic (exact) mass is 285 g/mol. The van der Waals surface area contributed by atoms with E-state index in [1.54, 1.807) is 0 Å². The van der Waals surface area contributed by atoms with Crippen LogP contribution < -0.4 is 0 Å². The molecule has 0 spiro atoms. The van der Waals surface area contributed by atoms with Crippen LogP contribution in [0.25, 0.3) is 0 Å². The van der Waals surface area contributed by atoms with Crippen LogP contribution in [0.3, 0.4) is 0 Å². The zero-order valence-electron chi connectivity index (χ0n) is 11.6. The van der Waals surface area contributed by atoms with E-state index >= 15 is 0 Å². The maximum atomic E-state index is 5.37. The number of aliphatic imine (C=N–C) groups is 1. The van der Waals surface area contributed by atoms with Gasteiger partial charge in [-0.3, -0.25) is 4.90 Å². The van der Waals surface area contributed by atoms with Gasteiger partial charge in [0, 0.05) is 37.0 Å². The van der Waals surface area contributed by atoms with E-state index in [2.05, 4.69) is 28.4 Å². The topological polar surface area (TPSA) is 37.3 Å². The third-order valence-corrected chi connectivity index (χ3v) is 4.45. The number of allylic oxidation sites excluding steroid dienone is 1.